The van der Waals surface area contributed by atoms with Crippen LogP contribution in [0.25, 0.3) is 0 Å². The third kappa shape index (κ3) is 4.96. The van der Waals surface area contributed by atoms with E-state index in [2.05, 4.69) is 25.8 Å². The highest BCUT2D eigenvalue weighted by atomic mass is 16.4. The zero-order valence-electron chi connectivity index (χ0n) is 9.43. The van der Waals surface area contributed by atoms with Gasteiger partial charge in [0.05, 0.1) is 0 Å². The molecule has 0 spiro atoms. The highest BCUT2D eigenvalue weighted by Crippen LogP contribution is 1.91. The predicted molar refractivity (Wildman–Crippen MR) is 58.3 cm³/mol. The van der Waals surface area contributed by atoms with E-state index in [0.29, 0.717) is 19.4 Å². The van der Waals surface area contributed by atoms with Gasteiger partial charge in [0, 0.05) is 13.0 Å². The van der Waals surface area contributed by atoms with Crippen molar-refractivity contribution in [1.29, 1.82) is 0 Å². The van der Waals surface area contributed by atoms with Crippen LogP contribution >= 0.6 is 0 Å². The summed E-state index contributed by atoms with van der Waals surface area (Å²) in [6.07, 6.45) is 2.79. The maximum Gasteiger partial charge on any atom is 0.325 e. The average molecular weight is 241 g/mol. The van der Waals surface area contributed by atoms with Gasteiger partial charge in [-0.25, -0.2) is 9.78 Å². The first-order valence-electron chi connectivity index (χ1n) is 5.21. The Balaban J connectivity index is 2.10. The third-order valence-electron chi connectivity index (χ3n) is 2.06. The number of hydrogen-bond acceptors (Lipinski definition) is 4. The molecule has 0 fully saturated rings. The van der Waals surface area contributed by atoms with Crippen LogP contribution in [-0.4, -0.2) is 44.9 Å². The molecule has 0 saturated heterocycles. The lowest BCUT2D eigenvalue weighted by atomic mass is 10.3. The molecule has 94 valence electrons. The van der Waals surface area contributed by atoms with Gasteiger partial charge < -0.3 is 15.7 Å². The molecule has 0 radical (unpaired) electrons. The monoisotopic (exact) mass is 241 g/mol. The van der Waals surface area contributed by atoms with Gasteiger partial charge in [-0.05, 0) is 13.3 Å². The van der Waals surface area contributed by atoms with Crippen molar-refractivity contribution < 1.29 is 14.7 Å². The number of carbonyl (C=O) groups excluding carboxylic acids is 1. The summed E-state index contributed by atoms with van der Waals surface area (Å²) in [4.78, 5) is 25.6. The zero-order valence-corrected chi connectivity index (χ0v) is 9.43. The van der Waals surface area contributed by atoms with Crippen LogP contribution in [0.4, 0.5) is 4.79 Å². The molecular weight excluding hydrogens is 226 g/mol. The van der Waals surface area contributed by atoms with Crippen molar-refractivity contribution in [3.63, 3.8) is 0 Å². The quantitative estimate of drug-likeness (QED) is 0.501. The molecule has 1 rings (SSSR count). The van der Waals surface area contributed by atoms with Crippen molar-refractivity contribution in [3.05, 3.63) is 12.2 Å². The van der Waals surface area contributed by atoms with E-state index in [9.17, 15) is 9.59 Å². The zero-order chi connectivity index (χ0) is 12.7. The van der Waals surface area contributed by atoms with Crippen LogP contribution in [0.5, 0.6) is 0 Å². The van der Waals surface area contributed by atoms with Crippen LogP contribution in [0.1, 0.15) is 19.2 Å². The second-order valence-electron chi connectivity index (χ2n) is 3.50. The minimum Gasteiger partial charge on any atom is -0.480 e. The van der Waals surface area contributed by atoms with Gasteiger partial charge in [-0.2, -0.15) is 5.10 Å². The largest absolute Gasteiger partial charge is 0.480 e. The smallest absolute Gasteiger partial charge is 0.325 e. The third-order valence-corrected chi connectivity index (χ3v) is 2.06. The molecule has 0 aromatic carbocycles. The second-order valence-corrected chi connectivity index (χ2v) is 3.50. The molecule has 1 aromatic rings. The second kappa shape index (κ2) is 6.46. The fourth-order valence-electron chi connectivity index (χ4n) is 1.12. The molecule has 8 heteroatoms. The fourth-order valence-corrected chi connectivity index (χ4v) is 1.12. The lowest BCUT2D eigenvalue weighted by Crippen LogP contribution is -2.44. The number of hydrogen-bond donors (Lipinski definition) is 4. The van der Waals surface area contributed by atoms with E-state index in [1.165, 1.54) is 13.3 Å². The Kier molecular flexibility index (Phi) is 4.92. The summed E-state index contributed by atoms with van der Waals surface area (Å²) in [5.74, 6) is -0.312. The van der Waals surface area contributed by atoms with Crippen LogP contribution in [0.15, 0.2) is 6.33 Å². The van der Waals surface area contributed by atoms with Crippen LogP contribution in [-0.2, 0) is 11.2 Å². The summed E-state index contributed by atoms with van der Waals surface area (Å²) in [6, 6.07) is -1.39. The molecule has 2 amide bonds. The van der Waals surface area contributed by atoms with E-state index >= 15 is 0 Å². The topological polar surface area (TPSA) is 120 Å². The van der Waals surface area contributed by atoms with Crippen LogP contribution < -0.4 is 10.6 Å². The number of aromatic amines is 1. The van der Waals surface area contributed by atoms with Crippen molar-refractivity contribution in [1.82, 2.24) is 25.8 Å². The molecule has 1 atom stereocenters. The predicted octanol–water partition coefficient (Wildman–Crippen LogP) is -0.490. The molecule has 0 aliphatic heterocycles. The molecule has 1 heterocycles. The highest BCUT2D eigenvalue weighted by Gasteiger charge is 2.12. The molecule has 0 saturated carbocycles. The van der Waals surface area contributed by atoms with Crippen LogP contribution in [0, 0.1) is 0 Å². The fraction of sp³-hybridized carbons (Fsp3) is 0.556. The van der Waals surface area contributed by atoms with Gasteiger partial charge in [-0.3, -0.25) is 9.89 Å². The van der Waals surface area contributed by atoms with Gasteiger partial charge in [-0.1, -0.05) is 0 Å². The van der Waals surface area contributed by atoms with Crippen molar-refractivity contribution in [2.24, 2.45) is 0 Å². The summed E-state index contributed by atoms with van der Waals surface area (Å²) < 4.78 is 0. The Labute approximate surface area is 97.8 Å². The Hall–Kier alpha value is -2.12. The van der Waals surface area contributed by atoms with E-state index < -0.39 is 18.0 Å². The van der Waals surface area contributed by atoms with E-state index in [1.54, 1.807) is 0 Å². The normalized spacial score (nSPS) is 11.8. The standard InChI is InChI=1S/C9H15N5O3/c1-6(8(15)16)13-9(17)10-4-2-3-7-11-5-12-14-7/h5-6H,2-4H2,1H3,(H,15,16)(H2,10,13,17)(H,11,12,14). The maximum absolute atomic E-state index is 11.2. The highest BCUT2D eigenvalue weighted by molar-refractivity contribution is 5.82. The molecule has 4 N–H and O–H groups in total. The number of aliphatic carboxylic acids is 1. The molecule has 1 unspecified atom stereocenters. The van der Waals surface area contributed by atoms with Gasteiger partial charge in [0.15, 0.2) is 0 Å². The molecule has 0 aliphatic rings. The number of amides is 2. The summed E-state index contributed by atoms with van der Waals surface area (Å²) in [7, 11) is 0. The minimum absolute atomic E-state index is 0.443. The Morgan fingerprint density at radius 3 is 2.94 bits per heavy atom. The first-order chi connectivity index (χ1) is 8.09. The lowest BCUT2D eigenvalue weighted by molar-refractivity contribution is -0.138. The van der Waals surface area contributed by atoms with E-state index in [1.807, 2.05) is 0 Å². The minimum atomic E-state index is -1.07. The number of aryl methyl sites for hydroxylation is 1. The number of nitrogens with one attached hydrogen (secondary N) is 3. The van der Waals surface area contributed by atoms with Crippen molar-refractivity contribution in [3.8, 4) is 0 Å². The van der Waals surface area contributed by atoms with Crippen molar-refractivity contribution in [2.75, 3.05) is 6.54 Å². The number of carboxylic acids is 1. The van der Waals surface area contributed by atoms with Crippen LogP contribution in [0.3, 0.4) is 0 Å². The van der Waals surface area contributed by atoms with Gasteiger partial charge in [0.2, 0.25) is 0 Å². The number of urea groups is 1. The number of carbonyl (C=O) groups is 2. The average Bonchev–Trinajstić information content (AvgIpc) is 2.77. The number of rotatable bonds is 6. The lowest BCUT2D eigenvalue weighted by Gasteiger charge is -2.10. The van der Waals surface area contributed by atoms with Gasteiger partial charge in [-0.15, -0.1) is 0 Å². The number of carboxylic acid groups (broad SMARTS) is 1. The van der Waals surface area contributed by atoms with Crippen molar-refractivity contribution >= 4 is 12.0 Å². The van der Waals surface area contributed by atoms with E-state index in [-0.39, 0.29) is 0 Å². The first-order valence-corrected chi connectivity index (χ1v) is 5.21. The Morgan fingerprint density at radius 2 is 2.35 bits per heavy atom. The van der Waals surface area contributed by atoms with Gasteiger partial charge in [0.25, 0.3) is 0 Å². The summed E-state index contributed by atoms with van der Waals surface area (Å²) in [6.45, 7) is 1.84. The molecule has 0 bridgehead atoms. The number of H-pyrrole nitrogens is 1. The number of aromatic nitrogens is 3. The summed E-state index contributed by atoms with van der Waals surface area (Å²) in [5.41, 5.74) is 0. The van der Waals surface area contributed by atoms with E-state index in [4.69, 9.17) is 5.11 Å². The molecule has 0 aliphatic carbocycles. The molecule has 1 aromatic heterocycles. The first kappa shape index (κ1) is 12.9. The molecule has 8 nitrogen and oxygen atoms in total. The Morgan fingerprint density at radius 1 is 1.59 bits per heavy atom. The van der Waals surface area contributed by atoms with Crippen LogP contribution in [0.2, 0.25) is 0 Å². The summed E-state index contributed by atoms with van der Waals surface area (Å²) in [5, 5.41) is 19.8. The van der Waals surface area contributed by atoms with E-state index in [0.717, 1.165) is 5.82 Å². The van der Waals surface area contributed by atoms with Gasteiger partial charge in [0.1, 0.15) is 18.2 Å². The summed E-state index contributed by atoms with van der Waals surface area (Å²) >= 11 is 0. The van der Waals surface area contributed by atoms with Gasteiger partial charge >= 0.3 is 12.0 Å². The number of nitrogens with zero attached hydrogens (tertiary/aromatic N) is 2. The Bertz CT molecular complexity index is 365. The molecular formula is C9H15N5O3. The maximum atomic E-state index is 11.2. The SMILES string of the molecule is CC(NC(=O)NCCCc1ncn[nH]1)C(=O)O. The van der Waals surface area contributed by atoms with Crippen molar-refractivity contribution in [2.45, 2.75) is 25.8 Å². The molecule has 17 heavy (non-hydrogen) atoms.